The van der Waals surface area contributed by atoms with Crippen LogP contribution in [-0.4, -0.2) is 33.5 Å². The molecule has 1 atom stereocenters. The van der Waals surface area contributed by atoms with Crippen molar-refractivity contribution in [1.29, 1.82) is 0 Å². The average molecular weight is 427 g/mol. The highest BCUT2D eigenvalue weighted by molar-refractivity contribution is 7.99. The van der Waals surface area contributed by atoms with Gasteiger partial charge in [0.15, 0.2) is 17.1 Å². The first-order valence-corrected chi connectivity index (χ1v) is 10.7. The van der Waals surface area contributed by atoms with Gasteiger partial charge in [0.05, 0.1) is 12.9 Å². The van der Waals surface area contributed by atoms with Gasteiger partial charge < -0.3 is 19.4 Å². The number of anilines is 1. The van der Waals surface area contributed by atoms with Gasteiger partial charge in [-0.3, -0.25) is 4.79 Å². The molecule has 1 unspecified atom stereocenters. The van der Waals surface area contributed by atoms with E-state index in [0.717, 1.165) is 28.6 Å². The Kier molecular flexibility index (Phi) is 7.35. The summed E-state index contributed by atoms with van der Waals surface area (Å²) in [6.45, 7) is 6.62. The molecule has 8 heteroatoms. The number of nitrogens with zero attached hydrogens (tertiary/aromatic N) is 3. The van der Waals surface area contributed by atoms with Crippen molar-refractivity contribution < 1.29 is 14.3 Å². The molecule has 1 amide bonds. The highest BCUT2D eigenvalue weighted by Gasteiger charge is 2.19. The average Bonchev–Trinajstić information content (AvgIpc) is 3.16. The summed E-state index contributed by atoms with van der Waals surface area (Å²) in [5, 5.41) is 12.2. The maximum atomic E-state index is 12.3. The number of carbonyl (C=O) groups is 1. The van der Waals surface area contributed by atoms with Crippen LogP contribution in [0.3, 0.4) is 0 Å². The van der Waals surface area contributed by atoms with Crippen LogP contribution in [-0.2, 0) is 11.3 Å². The van der Waals surface area contributed by atoms with Crippen molar-refractivity contribution in [2.45, 2.75) is 38.6 Å². The standard InChI is InChI=1S/C22H26N4O3S/c1-5-26-21(16(3)29-19-11-9-18(28-4)10-12-19)24-25-22(26)30-14-20(27)23-17-8-6-7-15(2)13-17/h6-13,16H,5,14H2,1-4H3,(H,23,27). The molecule has 0 aliphatic rings. The van der Waals surface area contributed by atoms with Crippen molar-refractivity contribution in [1.82, 2.24) is 14.8 Å². The molecular weight excluding hydrogens is 400 g/mol. The Hall–Kier alpha value is -3.00. The molecule has 158 valence electrons. The number of aromatic nitrogens is 3. The summed E-state index contributed by atoms with van der Waals surface area (Å²) >= 11 is 1.36. The van der Waals surface area contributed by atoms with Crippen LogP contribution in [0.2, 0.25) is 0 Å². The van der Waals surface area contributed by atoms with E-state index in [-0.39, 0.29) is 17.8 Å². The molecular formula is C22H26N4O3S. The van der Waals surface area contributed by atoms with E-state index in [1.807, 2.05) is 73.9 Å². The van der Waals surface area contributed by atoms with Gasteiger partial charge in [-0.1, -0.05) is 23.9 Å². The van der Waals surface area contributed by atoms with Gasteiger partial charge in [0.25, 0.3) is 0 Å². The maximum absolute atomic E-state index is 12.3. The van der Waals surface area contributed by atoms with Crippen molar-refractivity contribution in [3.63, 3.8) is 0 Å². The fourth-order valence-corrected chi connectivity index (χ4v) is 3.78. The molecule has 0 saturated heterocycles. The zero-order chi connectivity index (χ0) is 21.5. The highest BCUT2D eigenvalue weighted by Crippen LogP contribution is 2.26. The van der Waals surface area contributed by atoms with Crippen LogP contribution < -0.4 is 14.8 Å². The third-order valence-corrected chi connectivity index (χ3v) is 5.40. The van der Waals surface area contributed by atoms with E-state index >= 15 is 0 Å². The number of thioether (sulfide) groups is 1. The summed E-state index contributed by atoms with van der Waals surface area (Å²) in [5.74, 6) is 2.38. The summed E-state index contributed by atoms with van der Waals surface area (Å²) in [4.78, 5) is 12.3. The zero-order valence-corrected chi connectivity index (χ0v) is 18.4. The van der Waals surface area contributed by atoms with Crippen LogP contribution in [0.25, 0.3) is 0 Å². The van der Waals surface area contributed by atoms with Crippen LogP contribution in [0.5, 0.6) is 11.5 Å². The summed E-state index contributed by atoms with van der Waals surface area (Å²) < 4.78 is 13.1. The van der Waals surface area contributed by atoms with Crippen LogP contribution in [0.15, 0.2) is 53.7 Å². The molecule has 0 aliphatic heterocycles. The molecule has 3 rings (SSSR count). The molecule has 0 fully saturated rings. The van der Waals surface area contributed by atoms with E-state index in [0.29, 0.717) is 11.7 Å². The number of amides is 1. The zero-order valence-electron chi connectivity index (χ0n) is 17.6. The molecule has 1 N–H and O–H groups in total. The van der Waals surface area contributed by atoms with Gasteiger partial charge in [0, 0.05) is 12.2 Å². The Morgan fingerprint density at radius 2 is 1.90 bits per heavy atom. The van der Waals surface area contributed by atoms with Gasteiger partial charge in [-0.2, -0.15) is 0 Å². The molecule has 0 spiro atoms. The highest BCUT2D eigenvalue weighted by atomic mass is 32.2. The van der Waals surface area contributed by atoms with E-state index < -0.39 is 0 Å². The SMILES string of the molecule is CCn1c(SCC(=O)Nc2cccc(C)c2)nnc1C(C)Oc1ccc(OC)cc1. The van der Waals surface area contributed by atoms with Crippen LogP contribution in [0.1, 0.15) is 31.3 Å². The first-order chi connectivity index (χ1) is 14.5. The smallest absolute Gasteiger partial charge is 0.234 e. The minimum absolute atomic E-state index is 0.0830. The largest absolute Gasteiger partial charge is 0.497 e. The number of hydrogen-bond donors (Lipinski definition) is 1. The first kappa shape index (κ1) is 21.7. The Balaban J connectivity index is 1.62. The first-order valence-electron chi connectivity index (χ1n) is 9.73. The molecule has 0 radical (unpaired) electrons. The monoisotopic (exact) mass is 426 g/mol. The van der Waals surface area contributed by atoms with E-state index in [4.69, 9.17) is 9.47 Å². The molecule has 0 bridgehead atoms. The van der Waals surface area contributed by atoms with Gasteiger partial charge >= 0.3 is 0 Å². The number of carbonyl (C=O) groups excluding carboxylic acids is 1. The summed E-state index contributed by atoms with van der Waals surface area (Å²) in [6.07, 6.45) is -0.290. The summed E-state index contributed by atoms with van der Waals surface area (Å²) in [6, 6.07) is 15.1. The summed E-state index contributed by atoms with van der Waals surface area (Å²) in [5.41, 5.74) is 1.89. The topological polar surface area (TPSA) is 78.3 Å². The molecule has 7 nitrogen and oxygen atoms in total. The molecule has 1 aromatic heterocycles. The van der Waals surface area contributed by atoms with E-state index in [1.54, 1.807) is 7.11 Å². The third kappa shape index (κ3) is 5.54. The predicted octanol–water partition coefficient (Wildman–Crippen LogP) is 4.49. The van der Waals surface area contributed by atoms with Crippen LogP contribution in [0.4, 0.5) is 5.69 Å². The lowest BCUT2D eigenvalue weighted by Crippen LogP contribution is -2.15. The maximum Gasteiger partial charge on any atom is 0.234 e. The molecule has 3 aromatic rings. The molecule has 0 saturated carbocycles. The Labute approximate surface area is 180 Å². The van der Waals surface area contributed by atoms with Gasteiger partial charge in [-0.15, -0.1) is 10.2 Å². The number of hydrogen-bond acceptors (Lipinski definition) is 6. The second-order valence-electron chi connectivity index (χ2n) is 6.73. The second-order valence-corrected chi connectivity index (χ2v) is 7.67. The molecule has 30 heavy (non-hydrogen) atoms. The minimum atomic E-state index is -0.290. The van der Waals surface area contributed by atoms with Crippen LogP contribution in [0, 0.1) is 6.92 Å². The Morgan fingerprint density at radius 1 is 1.17 bits per heavy atom. The molecule has 1 heterocycles. The lowest BCUT2D eigenvalue weighted by molar-refractivity contribution is -0.113. The lowest BCUT2D eigenvalue weighted by Gasteiger charge is -2.15. The second kappa shape index (κ2) is 10.2. The van der Waals surface area contributed by atoms with Crippen LogP contribution >= 0.6 is 11.8 Å². The van der Waals surface area contributed by atoms with Gasteiger partial charge in [-0.05, 0) is 62.7 Å². The number of nitrogens with one attached hydrogen (secondary N) is 1. The number of rotatable bonds is 9. The number of benzene rings is 2. The van der Waals surface area contributed by atoms with E-state index in [2.05, 4.69) is 15.5 Å². The van der Waals surface area contributed by atoms with E-state index in [9.17, 15) is 4.79 Å². The van der Waals surface area contributed by atoms with Crippen molar-refractivity contribution in [2.75, 3.05) is 18.2 Å². The Morgan fingerprint density at radius 3 is 2.57 bits per heavy atom. The molecule has 2 aromatic carbocycles. The Bertz CT molecular complexity index is 988. The number of aryl methyl sites for hydroxylation is 1. The van der Waals surface area contributed by atoms with Crippen molar-refractivity contribution in [3.05, 3.63) is 59.9 Å². The predicted molar refractivity (Wildman–Crippen MR) is 118 cm³/mol. The fourth-order valence-electron chi connectivity index (χ4n) is 2.97. The van der Waals surface area contributed by atoms with E-state index in [1.165, 1.54) is 11.8 Å². The van der Waals surface area contributed by atoms with Crippen molar-refractivity contribution >= 4 is 23.4 Å². The lowest BCUT2D eigenvalue weighted by atomic mass is 10.2. The normalized spacial score (nSPS) is 11.7. The summed E-state index contributed by atoms with van der Waals surface area (Å²) in [7, 11) is 1.63. The third-order valence-electron chi connectivity index (χ3n) is 4.43. The number of methoxy groups -OCH3 is 1. The molecule has 0 aliphatic carbocycles. The fraction of sp³-hybridized carbons (Fsp3) is 0.318. The van der Waals surface area contributed by atoms with Crippen molar-refractivity contribution in [3.8, 4) is 11.5 Å². The van der Waals surface area contributed by atoms with Gasteiger partial charge in [0.1, 0.15) is 11.5 Å². The number of ether oxygens (including phenoxy) is 2. The van der Waals surface area contributed by atoms with Crippen molar-refractivity contribution in [2.24, 2.45) is 0 Å². The van der Waals surface area contributed by atoms with Gasteiger partial charge in [0.2, 0.25) is 5.91 Å². The quantitative estimate of drug-likeness (QED) is 0.508. The van der Waals surface area contributed by atoms with Gasteiger partial charge in [-0.25, -0.2) is 0 Å². The minimum Gasteiger partial charge on any atom is -0.497 e.